The molecule has 1 N–H and O–H groups in total. The summed E-state index contributed by atoms with van der Waals surface area (Å²) in [5.41, 5.74) is 0.991. The average Bonchev–Trinajstić information content (AvgIpc) is 3.33. The number of carboxylic acid groups (broad SMARTS) is 1. The molecule has 12 heteroatoms. The van der Waals surface area contributed by atoms with Gasteiger partial charge in [0.05, 0.1) is 11.8 Å². The highest BCUT2D eigenvalue weighted by Crippen LogP contribution is 2.32. The summed E-state index contributed by atoms with van der Waals surface area (Å²) in [6.45, 7) is 2.69. The fourth-order valence-corrected chi connectivity index (χ4v) is 3.57. The topological polar surface area (TPSA) is 117 Å². The van der Waals surface area contributed by atoms with E-state index in [1.165, 1.54) is 12.4 Å². The van der Waals surface area contributed by atoms with Crippen molar-refractivity contribution in [2.75, 3.05) is 26.2 Å². The van der Waals surface area contributed by atoms with Gasteiger partial charge in [-0.1, -0.05) is 0 Å². The Morgan fingerprint density at radius 2 is 1.45 bits per heavy atom. The Bertz CT molecular complexity index is 865. The van der Waals surface area contributed by atoms with Gasteiger partial charge in [0.15, 0.2) is 0 Å². The second-order valence-electron chi connectivity index (χ2n) is 7.08. The Hall–Kier alpha value is -3.57. The number of fused-ring (bicyclic) bond motifs is 1. The molecule has 4 heterocycles. The largest absolute Gasteiger partial charge is 0.490 e. The van der Waals surface area contributed by atoms with Gasteiger partial charge < -0.3 is 14.9 Å². The minimum atomic E-state index is -5.08. The number of halogens is 3. The number of carbonyl (C=O) groups excluding carboxylic acids is 2. The minimum absolute atomic E-state index is 0.0179. The van der Waals surface area contributed by atoms with Crippen molar-refractivity contribution in [1.29, 1.82) is 0 Å². The van der Waals surface area contributed by atoms with Crippen LogP contribution in [0.2, 0.25) is 0 Å². The molecule has 9 nitrogen and oxygen atoms in total. The van der Waals surface area contributed by atoms with Crippen LogP contribution in [0.1, 0.15) is 20.8 Å². The summed E-state index contributed by atoms with van der Waals surface area (Å²) < 4.78 is 31.7. The molecular weight excluding hydrogens is 419 g/mol. The van der Waals surface area contributed by atoms with Gasteiger partial charge >= 0.3 is 12.1 Å². The van der Waals surface area contributed by atoms with Crippen LogP contribution in [-0.2, 0) is 4.79 Å². The molecule has 2 aromatic heterocycles. The molecule has 0 bridgehead atoms. The maximum absolute atomic E-state index is 12.5. The van der Waals surface area contributed by atoms with Crippen molar-refractivity contribution in [3.63, 3.8) is 0 Å². The lowest BCUT2D eigenvalue weighted by atomic mass is 10.0. The van der Waals surface area contributed by atoms with E-state index < -0.39 is 12.1 Å². The Morgan fingerprint density at radius 1 is 0.903 bits per heavy atom. The van der Waals surface area contributed by atoms with Gasteiger partial charge in [0.1, 0.15) is 5.69 Å². The summed E-state index contributed by atoms with van der Waals surface area (Å²) >= 11 is 0. The molecule has 2 aliphatic heterocycles. The number of hydrogen-bond acceptors (Lipinski definition) is 6. The summed E-state index contributed by atoms with van der Waals surface area (Å²) in [6, 6.07) is 3.55. The predicted molar refractivity (Wildman–Crippen MR) is 98.7 cm³/mol. The molecule has 2 fully saturated rings. The third kappa shape index (κ3) is 5.32. The number of carbonyl (C=O) groups is 3. The minimum Gasteiger partial charge on any atom is -0.475 e. The number of nitrogens with zero attached hydrogens (tertiary/aromatic N) is 5. The first kappa shape index (κ1) is 22.1. The van der Waals surface area contributed by atoms with Crippen molar-refractivity contribution in [2.45, 2.75) is 6.18 Å². The molecule has 2 amide bonds. The van der Waals surface area contributed by atoms with Crippen LogP contribution >= 0.6 is 0 Å². The van der Waals surface area contributed by atoms with Crippen LogP contribution in [0, 0.1) is 11.8 Å². The van der Waals surface area contributed by atoms with Gasteiger partial charge in [-0.2, -0.15) is 13.2 Å². The van der Waals surface area contributed by atoms with Crippen molar-refractivity contribution < 1.29 is 32.7 Å². The van der Waals surface area contributed by atoms with Crippen molar-refractivity contribution in [1.82, 2.24) is 24.8 Å². The molecule has 0 radical (unpaired) electrons. The zero-order valence-corrected chi connectivity index (χ0v) is 16.1. The van der Waals surface area contributed by atoms with Crippen molar-refractivity contribution in [3.05, 3.63) is 54.4 Å². The molecule has 2 aromatic rings. The molecule has 31 heavy (non-hydrogen) atoms. The second-order valence-corrected chi connectivity index (χ2v) is 7.08. The number of carboxylic acids is 1. The van der Waals surface area contributed by atoms with Gasteiger partial charge in [-0.05, 0) is 12.1 Å². The molecule has 4 rings (SSSR count). The summed E-state index contributed by atoms with van der Waals surface area (Å²) in [6.07, 6.45) is 2.75. The summed E-state index contributed by atoms with van der Waals surface area (Å²) in [4.78, 5) is 49.6. The van der Waals surface area contributed by atoms with Crippen LogP contribution in [0.4, 0.5) is 13.2 Å². The predicted octanol–water partition coefficient (Wildman–Crippen LogP) is 1.35. The molecule has 0 aromatic carbocycles. The van der Waals surface area contributed by atoms with Crippen LogP contribution in [-0.4, -0.2) is 80.0 Å². The third-order valence-corrected chi connectivity index (χ3v) is 4.99. The Morgan fingerprint density at radius 3 is 1.90 bits per heavy atom. The van der Waals surface area contributed by atoms with E-state index in [2.05, 4.69) is 15.0 Å². The van der Waals surface area contributed by atoms with E-state index in [1.807, 2.05) is 9.80 Å². The zero-order chi connectivity index (χ0) is 22.6. The second kappa shape index (κ2) is 9.06. The molecular formula is C19H18F3N5O4. The highest BCUT2D eigenvalue weighted by atomic mass is 19.4. The zero-order valence-electron chi connectivity index (χ0n) is 16.1. The number of alkyl halides is 3. The van der Waals surface area contributed by atoms with E-state index in [9.17, 15) is 22.8 Å². The highest BCUT2D eigenvalue weighted by molar-refractivity contribution is 5.94. The molecule has 164 valence electrons. The van der Waals surface area contributed by atoms with E-state index in [1.54, 1.807) is 30.7 Å². The molecule has 2 saturated heterocycles. The first-order chi connectivity index (χ1) is 14.7. The first-order valence-electron chi connectivity index (χ1n) is 9.21. The Kier molecular flexibility index (Phi) is 6.47. The number of amides is 2. The average molecular weight is 437 g/mol. The molecule has 0 spiro atoms. The summed E-state index contributed by atoms with van der Waals surface area (Å²) in [7, 11) is 0. The fourth-order valence-electron chi connectivity index (χ4n) is 3.57. The van der Waals surface area contributed by atoms with Crippen molar-refractivity contribution in [3.8, 4) is 0 Å². The van der Waals surface area contributed by atoms with Gasteiger partial charge in [0.2, 0.25) is 0 Å². The lowest BCUT2D eigenvalue weighted by Gasteiger charge is -2.21. The van der Waals surface area contributed by atoms with Gasteiger partial charge in [-0.3, -0.25) is 19.6 Å². The van der Waals surface area contributed by atoms with Crippen molar-refractivity contribution in [2.24, 2.45) is 11.8 Å². The maximum atomic E-state index is 12.5. The number of likely N-dealkylation sites (tertiary alicyclic amines) is 2. The molecule has 2 atom stereocenters. The molecule has 2 aliphatic rings. The quantitative estimate of drug-likeness (QED) is 0.754. The maximum Gasteiger partial charge on any atom is 0.490 e. The summed E-state index contributed by atoms with van der Waals surface area (Å²) in [5.74, 6) is -2.17. The van der Waals surface area contributed by atoms with Crippen LogP contribution < -0.4 is 0 Å². The van der Waals surface area contributed by atoms with Crippen molar-refractivity contribution >= 4 is 17.8 Å². The van der Waals surface area contributed by atoms with Gasteiger partial charge in [0, 0.05) is 62.8 Å². The fraction of sp³-hybridized carbons (Fsp3) is 0.368. The third-order valence-electron chi connectivity index (χ3n) is 4.99. The van der Waals surface area contributed by atoms with E-state index >= 15 is 0 Å². The van der Waals surface area contributed by atoms with Gasteiger partial charge in [0.25, 0.3) is 11.8 Å². The van der Waals surface area contributed by atoms with Gasteiger partial charge in [-0.25, -0.2) is 9.78 Å². The Balaban J connectivity index is 0.000000339. The molecule has 0 saturated carbocycles. The number of aromatic nitrogens is 3. The number of aliphatic carboxylic acids is 1. The summed E-state index contributed by atoms with van der Waals surface area (Å²) in [5, 5.41) is 7.12. The number of hydrogen-bond donors (Lipinski definition) is 1. The van der Waals surface area contributed by atoms with Crippen LogP contribution in [0.15, 0.2) is 43.1 Å². The normalized spacial score (nSPS) is 20.0. The van der Waals surface area contributed by atoms with Crippen LogP contribution in [0.3, 0.4) is 0 Å². The van der Waals surface area contributed by atoms with E-state index in [4.69, 9.17) is 9.90 Å². The standard InChI is InChI=1S/C17H17N5O2.C2HF3O2/c23-16(12-2-1-3-18-6-12)21-8-13-10-22(11-14(13)9-21)17(24)15-7-19-4-5-20-15;3-2(4,5)1(6)7/h1-7,13-14H,8-11H2;(H,6,7)/t13-,14+;. The van der Waals surface area contributed by atoms with E-state index in [0.29, 0.717) is 49.3 Å². The van der Waals surface area contributed by atoms with Crippen LogP contribution in [0.25, 0.3) is 0 Å². The number of rotatable bonds is 2. The lowest BCUT2D eigenvalue weighted by molar-refractivity contribution is -0.192. The SMILES string of the molecule is O=C(O)C(F)(F)F.O=C(c1cccnc1)N1C[C@@H]2CN(C(=O)c3cnccn3)C[C@@H]2C1. The monoisotopic (exact) mass is 437 g/mol. The Labute approximate surface area is 174 Å². The van der Waals surface area contributed by atoms with E-state index in [-0.39, 0.29) is 11.8 Å². The van der Waals surface area contributed by atoms with E-state index in [0.717, 1.165) is 0 Å². The smallest absolute Gasteiger partial charge is 0.475 e. The highest BCUT2D eigenvalue weighted by Gasteiger charge is 2.43. The molecule has 0 unspecified atom stereocenters. The van der Waals surface area contributed by atoms with Gasteiger partial charge in [-0.15, -0.1) is 0 Å². The van der Waals surface area contributed by atoms with Crippen LogP contribution in [0.5, 0.6) is 0 Å². The number of pyridine rings is 1. The first-order valence-corrected chi connectivity index (χ1v) is 9.21. The lowest BCUT2D eigenvalue weighted by Crippen LogP contribution is -2.36. The molecule has 0 aliphatic carbocycles.